The van der Waals surface area contributed by atoms with Gasteiger partial charge in [0.15, 0.2) is 9.84 Å². The van der Waals surface area contributed by atoms with Crippen molar-refractivity contribution in [1.82, 2.24) is 14.7 Å². The average molecular weight is 331 g/mol. The normalized spacial score (nSPS) is 24.1. The van der Waals surface area contributed by atoms with Crippen molar-refractivity contribution in [2.45, 2.75) is 19.4 Å². The molecule has 3 amide bonds. The summed E-state index contributed by atoms with van der Waals surface area (Å²) in [6, 6.07) is -0.414. The summed E-state index contributed by atoms with van der Waals surface area (Å²) in [6.45, 7) is 3.08. The lowest BCUT2D eigenvalue weighted by molar-refractivity contribution is -0.142. The molecule has 1 atom stereocenters. The molecule has 2 aliphatic rings. The number of amides is 3. The van der Waals surface area contributed by atoms with Crippen molar-refractivity contribution < 1.29 is 22.8 Å². The molecule has 0 N–H and O–H groups in total. The lowest BCUT2D eigenvalue weighted by Crippen LogP contribution is -2.52. The summed E-state index contributed by atoms with van der Waals surface area (Å²) in [7, 11) is -3.11. The summed E-state index contributed by atoms with van der Waals surface area (Å²) in [6.07, 6.45) is 1.14. The van der Waals surface area contributed by atoms with Crippen LogP contribution in [0.1, 0.15) is 13.3 Å². The van der Waals surface area contributed by atoms with E-state index in [1.807, 2.05) is 0 Å². The first-order valence-corrected chi connectivity index (χ1v) is 9.09. The Labute approximate surface area is 129 Å². The van der Waals surface area contributed by atoms with Crippen LogP contribution in [0.25, 0.3) is 0 Å². The fourth-order valence-corrected chi connectivity index (χ4v) is 4.57. The Hall–Kier alpha value is -1.64. The number of carbonyl (C=O) groups excluding carboxylic acids is 3. The van der Waals surface area contributed by atoms with E-state index in [0.29, 0.717) is 32.6 Å². The first kappa shape index (κ1) is 16.7. The van der Waals surface area contributed by atoms with Crippen LogP contribution in [0.2, 0.25) is 0 Å². The lowest BCUT2D eigenvalue weighted by Gasteiger charge is -2.35. The van der Waals surface area contributed by atoms with Gasteiger partial charge in [-0.3, -0.25) is 14.4 Å². The largest absolute Gasteiger partial charge is 0.342 e. The average Bonchev–Trinajstić information content (AvgIpc) is 2.84. The van der Waals surface area contributed by atoms with Crippen LogP contribution in [-0.4, -0.2) is 91.6 Å². The molecular weight excluding hydrogens is 310 g/mol. The molecule has 9 heteroatoms. The Morgan fingerprint density at radius 3 is 2.32 bits per heavy atom. The Kier molecular flexibility index (Phi) is 5.05. The fourth-order valence-electron chi connectivity index (χ4n) is 2.84. The third kappa shape index (κ3) is 3.96. The number of hydrogen-bond acceptors (Lipinski definition) is 5. The van der Waals surface area contributed by atoms with E-state index in [1.54, 1.807) is 9.80 Å². The smallest absolute Gasteiger partial charge is 0.242 e. The molecule has 2 fully saturated rings. The van der Waals surface area contributed by atoms with Crippen LogP contribution < -0.4 is 0 Å². The predicted octanol–water partition coefficient (Wildman–Crippen LogP) is -1.68. The van der Waals surface area contributed by atoms with Crippen molar-refractivity contribution in [2.24, 2.45) is 0 Å². The minimum atomic E-state index is -3.11. The number of piperazine rings is 1. The van der Waals surface area contributed by atoms with Gasteiger partial charge in [-0.1, -0.05) is 0 Å². The molecule has 8 nitrogen and oxygen atoms in total. The molecule has 0 bridgehead atoms. The van der Waals surface area contributed by atoms with E-state index in [2.05, 4.69) is 0 Å². The Balaban J connectivity index is 1.95. The van der Waals surface area contributed by atoms with Crippen molar-refractivity contribution in [3.63, 3.8) is 0 Å². The zero-order chi connectivity index (χ0) is 16.3. The summed E-state index contributed by atoms with van der Waals surface area (Å²) in [5, 5.41) is 0. The van der Waals surface area contributed by atoms with E-state index in [0.717, 1.165) is 6.41 Å². The van der Waals surface area contributed by atoms with Gasteiger partial charge in [0.25, 0.3) is 0 Å². The Morgan fingerprint density at radius 1 is 1.23 bits per heavy atom. The maximum atomic E-state index is 12.3. The number of nitrogens with zero attached hydrogens (tertiary/aromatic N) is 3. The number of sulfone groups is 1. The van der Waals surface area contributed by atoms with Crippen LogP contribution in [0.15, 0.2) is 0 Å². The molecule has 2 aliphatic heterocycles. The minimum absolute atomic E-state index is 0.0631. The van der Waals surface area contributed by atoms with E-state index >= 15 is 0 Å². The summed E-state index contributed by atoms with van der Waals surface area (Å²) >= 11 is 0. The van der Waals surface area contributed by atoms with Crippen molar-refractivity contribution >= 4 is 28.1 Å². The summed E-state index contributed by atoms with van der Waals surface area (Å²) in [4.78, 5) is 39.3. The highest BCUT2D eigenvalue weighted by molar-refractivity contribution is 7.91. The van der Waals surface area contributed by atoms with Gasteiger partial charge in [-0.2, -0.15) is 0 Å². The molecule has 2 saturated heterocycles. The van der Waals surface area contributed by atoms with Crippen LogP contribution >= 0.6 is 0 Å². The summed E-state index contributed by atoms with van der Waals surface area (Å²) in [5.41, 5.74) is 0. The maximum Gasteiger partial charge on any atom is 0.242 e. The molecule has 0 aromatic rings. The van der Waals surface area contributed by atoms with Crippen LogP contribution in [-0.2, 0) is 24.2 Å². The van der Waals surface area contributed by atoms with Gasteiger partial charge in [-0.05, 0) is 6.42 Å². The third-order valence-corrected chi connectivity index (χ3v) is 5.93. The van der Waals surface area contributed by atoms with Gasteiger partial charge in [0.1, 0.15) is 6.54 Å². The highest BCUT2D eigenvalue weighted by atomic mass is 32.2. The molecular formula is C13H21N3O5S. The molecule has 0 aliphatic carbocycles. The monoisotopic (exact) mass is 331 g/mol. The van der Waals surface area contributed by atoms with Crippen LogP contribution in [0.3, 0.4) is 0 Å². The second kappa shape index (κ2) is 6.64. The second-order valence-corrected chi connectivity index (χ2v) is 7.95. The topological polar surface area (TPSA) is 95.1 Å². The Bertz CT molecular complexity index is 554. The first-order chi connectivity index (χ1) is 10.3. The number of carbonyl (C=O) groups is 3. The number of rotatable bonds is 4. The van der Waals surface area contributed by atoms with E-state index < -0.39 is 15.9 Å². The maximum absolute atomic E-state index is 12.3. The molecule has 0 aromatic carbocycles. The van der Waals surface area contributed by atoms with Crippen molar-refractivity contribution in [2.75, 3.05) is 44.2 Å². The second-order valence-electron chi connectivity index (χ2n) is 5.73. The van der Waals surface area contributed by atoms with Gasteiger partial charge in [0.2, 0.25) is 18.2 Å². The quantitative estimate of drug-likeness (QED) is 0.574. The molecule has 124 valence electrons. The minimum Gasteiger partial charge on any atom is -0.342 e. The van der Waals surface area contributed by atoms with E-state index in [4.69, 9.17) is 0 Å². The van der Waals surface area contributed by atoms with Gasteiger partial charge in [-0.25, -0.2) is 8.42 Å². The third-order valence-electron chi connectivity index (χ3n) is 4.18. The zero-order valence-corrected chi connectivity index (χ0v) is 13.4. The van der Waals surface area contributed by atoms with E-state index in [9.17, 15) is 22.8 Å². The Morgan fingerprint density at radius 2 is 1.86 bits per heavy atom. The van der Waals surface area contributed by atoms with Gasteiger partial charge in [0, 0.05) is 39.1 Å². The molecule has 0 radical (unpaired) electrons. The van der Waals surface area contributed by atoms with Crippen molar-refractivity contribution in [1.29, 1.82) is 0 Å². The van der Waals surface area contributed by atoms with Crippen LogP contribution in [0.4, 0.5) is 0 Å². The van der Waals surface area contributed by atoms with Crippen LogP contribution in [0, 0.1) is 0 Å². The lowest BCUT2D eigenvalue weighted by atomic mass is 10.2. The van der Waals surface area contributed by atoms with Crippen molar-refractivity contribution in [3.05, 3.63) is 0 Å². The fraction of sp³-hybridized carbons (Fsp3) is 0.769. The SMILES string of the molecule is CC(=O)N(CC(=O)N1CCN(C=O)CC1)C1CCS(=O)(=O)C1. The molecule has 0 spiro atoms. The number of hydrogen-bond donors (Lipinski definition) is 0. The highest BCUT2D eigenvalue weighted by Crippen LogP contribution is 2.18. The van der Waals surface area contributed by atoms with Gasteiger partial charge < -0.3 is 14.7 Å². The highest BCUT2D eigenvalue weighted by Gasteiger charge is 2.35. The summed E-state index contributed by atoms with van der Waals surface area (Å²) in [5.74, 6) is -0.501. The first-order valence-electron chi connectivity index (χ1n) is 7.27. The molecule has 0 saturated carbocycles. The molecule has 2 rings (SSSR count). The molecule has 0 aromatic heterocycles. The van der Waals surface area contributed by atoms with E-state index in [-0.39, 0.29) is 29.9 Å². The van der Waals surface area contributed by atoms with Gasteiger partial charge in [0.05, 0.1) is 11.5 Å². The standard InChI is InChI=1S/C13H21N3O5S/c1-11(18)16(12-2-7-22(20,21)9-12)8-13(19)15-5-3-14(10-17)4-6-15/h10,12H,2-9H2,1H3. The van der Waals surface area contributed by atoms with Gasteiger partial charge in [-0.15, -0.1) is 0 Å². The van der Waals surface area contributed by atoms with Gasteiger partial charge >= 0.3 is 0 Å². The van der Waals surface area contributed by atoms with E-state index in [1.165, 1.54) is 11.8 Å². The predicted molar refractivity (Wildman–Crippen MR) is 78.7 cm³/mol. The summed E-state index contributed by atoms with van der Waals surface area (Å²) < 4.78 is 23.1. The zero-order valence-electron chi connectivity index (χ0n) is 12.6. The van der Waals surface area contributed by atoms with Crippen molar-refractivity contribution in [3.8, 4) is 0 Å². The molecule has 1 unspecified atom stereocenters. The van der Waals surface area contributed by atoms with Crippen LogP contribution in [0.5, 0.6) is 0 Å². The molecule has 2 heterocycles. The molecule has 22 heavy (non-hydrogen) atoms.